The van der Waals surface area contributed by atoms with Gasteiger partial charge in [-0.1, -0.05) is 6.42 Å². The molecule has 0 atom stereocenters. The zero-order valence-corrected chi connectivity index (χ0v) is 21.0. The van der Waals surface area contributed by atoms with Crippen LogP contribution in [0.4, 0.5) is 8.78 Å². The van der Waals surface area contributed by atoms with Gasteiger partial charge in [0, 0.05) is 38.3 Å². The summed E-state index contributed by atoms with van der Waals surface area (Å²) in [5, 5.41) is 7.17. The average molecular weight is 543 g/mol. The summed E-state index contributed by atoms with van der Waals surface area (Å²) < 4.78 is 25.2. The Hall–Kier alpha value is -0.260. The zero-order chi connectivity index (χ0) is 20.7. The molecule has 0 aromatic rings. The first-order valence-electron chi connectivity index (χ1n) is 11.4. The lowest BCUT2D eigenvalue weighted by Crippen LogP contribution is -2.62. The van der Waals surface area contributed by atoms with Crippen LogP contribution < -0.4 is 10.6 Å². The number of hydrogen-bond donors (Lipinski definition) is 2. The summed E-state index contributed by atoms with van der Waals surface area (Å²) >= 11 is 0. The minimum absolute atomic E-state index is 0. The molecule has 0 amide bonds. The highest BCUT2D eigenvalue weighted by atomic mass is 127. The lowest BCUT2D eigenvalue weighted by atomic mass is 9.84. The monoisotopic (exact) mass is 542 g/mol. The molecule has 3 aliphatic rings. The fourth-order valence-corrected chi connectivity index (χ4v) is 5.10. The van der Waals surface area contributed by atoms with E-state index in [2.05, 4.69) is 32.5 Å². The molecule has 30 heavy (non-hydrogen) atoms. The predicted octanol–water partition coefficient (Wildman–Crippen LogP) is 2.45. The van der Waals surface area contributed by atoms with Crippen LogP contribution in [0.1, 0.15) is 44.9 Å². The lowest BCUT2D eigenvalue weighted by Gasteiger charge is -2.50. The molecule has 3 fully saturated rings. The molecule has 3 heterocycles. The summed E-state index contributed by atoms with van der Waals surface area (Å²) in [6.45, 7) is 6.98. The van der Waals surface area contributed by atoms with E-state index in [1.165, 1.54) is 45.2 Å². The van der Waals surface area contributed by atoms with Crippen LogP contribution >= 0.6 is 24.0 Å². The molecule has 3 aliphatic heterocycles. The maximum atomic E-state index is 12.6. The van der Waals surface area contributed by atoms with Crippen molar-refractivity contribution in [1.29, 1.82) is 0 Å². The Labute approximate surface area is 198 Å². The van der Waals surface area contributed by atoms with E-state index >= 15 is 0 Å². The molecule has 0 aromatic heterocycles. The number of guanidine groups is 1. The molecule has 9 heteroatoms. The number of aliphatic imine (C=N–C) groups is 1. The van der Waals surface area contributed by atoms with Gasteiger partial charge in [-0.15, -0.1) is 24.0 Å². The van der Waals surface area contributed by atoms with Crippen LogP contribution in [0, 0.1) is 0 Å². The Morgan fingerprint density at radius 1 is 1.03 bits per heavy atom. The highest BCUT2D eigenvalue weighted by Crippen LogP contribution is 2.30. The molecule has 0 unspecified atom stereocenters. The quantitative estimate of drug-likeness (QED) is 0.307. The third-order valence-electron chi connectivity index (χ3n) is 7.08. The number of halogens is 3. The van der Waals surface area contributed by atoms with Crippen LogP contribution in [0.15, 0.2) is 4.99 Å². The van der Waals surface area contributed by atoms with Crippen molar-refractivity contribution < 1.29 is 8.78 Å². The molecule has 2 N–H and O–H groups in total. The summed E-state index contributed by atoms with van der Waals surface area (Å²) in [4.78, 5) is 11.5. The van der Waals surface area contributed by atoms with E-state index in [1.54, 1.807) is 0 Å². The average Bonchev–Trinajstić information content (AvgIpc) is 2.74. The van der Waals surface area contributed by atoms with E-state index in [9.17, 15) is 8.78 Å². The number of hydrogen-bond acceptors (Lipinski definition) is 4. The van der Waals surface area contributed by atoms with E-state index in [1.807, 2.05) is 11.9 Å². The highest BCUT2D eigenvalue weighted by molar-refractivity contribution is 14.0. The first-order chi connectivity index (χ1) is 14.0. The van der Waals surface area contributed by atoms with Gasteiger partial charge in [0.1, 0.15) is 0 Å². The van der Waals surface area contributed by atoms with E-state index in [4.69, 9.17) is 0 Å². The molecule has 0 aliphatic carbocycles. The van der Waals surface area contributed by atoms with E-state index < -0.39 is 6.43 Å². The van der Waals surface area contributed by atoms with Gasteiger partial charge in [0.05, 0.1) is 6.54 Å². The fourth-order valence-electron chi connectivity index (χ4n) is 5.10. The molecule has 3 saturated heterocycles. The van der Waals surface area contributed by atoms with Crippen LogP contribution in [-0.2, 0) is 0 Å². The van der Waals surface area contributed by atoms with Gasteiger partial charge in [0.25, 0.3) is 6.43 Å². The minimum atomic E-state index is -2.24. The van der Waals surface area contributed by atoms with Gasteiger partial charge < -0.3 is 15.5 Å². The van der Waals surface area contributed by atoms with Crippen molar-refractivity contribution in [2.75, 3.05) is 66.5 Å². The highest BCUT2D eigenvalue weighted by Gasteiger charge is 2.39. The van der Waals surface area contributed by atoms with Crippen molar-refractivity contribution in [1.82, 2.24) is 25.3 Å². The fraction of sp³-hybridized carbons (Fsp3) is 0.952. The Morgan fingerprint density at radius 3 is 2.23 bits per heavy atom. The van der Waals surface area contributed by atoms with Gasteiger partial charge in [0.15, 0.2) is 5.96 Å². The second-order valence-corrected chi connectivity index (χ2v) is 9.11. The molecular weight excluding hydrogens is 501 g/mol. The van der Waals surface area contributed by atoms with Crippen molar-refractivity contribution in [2.24, 2.45) is 4.99 Å². The van der Waals surface area contributed by atoms with Gasteiger partial charge in [-0.3, -0.25) is 14.8 Å². The van der Waals surface area contributed by atoms with E-state index in [0.717, 1.165) is 51.5 Å². The maximum Gasteiger partial charge on any atom is 0.251 e. The lowest BCUT2D eigenvalue weighted by molar-refractivity contribution is 0.0172. The van der Waals surface area contributed by atoms with Crippen LogP contribution in [0.25, 0.3) is 0 Å². The Kier molecular flexibility index (Phi) is 11.0. The third-order valence-corrected chi connectivity index (χ3v) is 7.08. The van der Waals surface area contributed by atoms with Crippen molar-refractivity contribution in [3.63, 3.8) is 0 Å². The first kappa shape index (κ1) is 26.0. The standard InChI is InChI=1S/C21H40F2N6.HI/c1-24-20(26-18-6-12-28(13-7-18)16-19(22)23)25-17-21(8-14-27(2)15-9-21)29-10-4-3-5-11-29;/h18-19H,3-17H2,1-2H3,(H2,24,25,26);1H. The second kappa shape index (κ2) is 12.7. The molecule has 3 rings (SSSR count). The molecule has 0 bridgehead atoms. The number of nitrogens with one attached hydrogen (secondary N) is 2. The predicted molar refractivity (Wildman–Crippen MR) is 130 cm³/mol. The Balaban J connectivity index is 0.00000320. The number of nitrogens with zero attached hydrogens (tertiary/aromatic N) is 4. The number of piperidine rings is 3. The van der Waals surface area contributed by atoms with Gasteiger partial charge in [-0.2, -0.15) is 0 Å². The van der Waals surface area contributed by atoms with Crippen molar-refractivity contribution in [2.45, 2.75) is 63.0 Å². The third kappa shape index (κ3) is 7.41. The summed E-state index contributed by atoms with van der Waals surface area (Å²) in [7, 11) is 4.04. The van der Waals surface area contributed by atoms with Gasteiger partial charge in [-0.25, -0.2) is 8.78 Å². The normalized spacial score (nSPS) is 25.2. The molecule has 0 saturated carbocycles. The van der Waals surface area contributed by atoms with Crippen molar-refractivity contribution >= 4 is 29.9 Å². The molecule has 0 radical (unpaired) electrons. The zero-order valence-electron chi connectivity index (χ0n) is 18.7. The number of rotatable bonds is 6. The second-order valence-electron chi connectivity index (χ2n) is 9.11. The summed E-state index contributed by atoms with van der Waals surface area (Å²) in [5.74, 6) is 0.854. The summed E-state index contributed by atoms with van der Waals surface area (Å²) in [6.07, 6.45) is 5.88. The minimum Gasteiger partial charge on any atom is -0.355 e. The van der Waals surface area contributed by atoms with E-state index in [0.29, 0.717) is 6.04 Å². The maximum absolute atomic E-state index is 12.6. The summed E-state index contributed by atoms with van der Waals surface area (Å²) in [5.41, 5.74) is 0.213. The Morgan fingerprint density at radius 2 is 1.67 bits per heavy atom. The van der Waals surface area contributed by atoms with Gasteiger partial charge >= 0.3 is 0 Å². The van der Waals surface area contributed by atoms with Gasteiger partial charge in [0.2, 0.25) is 0 Å². The smallest absolute Gasteiger partial charge is 0.251 e. The number of alkyl halides is 2. The summed E-state index contributed by atoms with van der Waals surface area (Å²) in [6, 6.07) is 0.304. The molecule has 6 nitrogen and oxygen atoms in total. The first-order valence-corrected chi connectivity index (χ1v) is 11.4. The van der Waals surface area contributed by atoms with Crippen LogP contribution in [0.2, 0.25) is 0 Å². The van der Waals surface area contributed by atoms with Crippen LogP contribution in [0.5, 0.6) is 0 Å². The van der Waals surface area contributed by atoms with E-state index in [-0.39, 0.29) is 36.1 Å². The topological polar surface area (TPSA) is 46.1 Å². The van der Waals surface area contributed by atoms with Crippen molar-refractivity contribution in [3.05, 3.63) is 0 Å². The Bertz CT molecular complexity index is 514. The molecular formula is C21H41F2IN6. The van der Waals surface area contributed by atoms with Crippen LogP contribution in [0.3, 0.4) is 0 Å². The van der Waals surface area contributed by atoms with Crippen molar-refractivity contribution in [3.8, 4) is 0 Å². The number of likely N-dealkylation sites (tertiary alicyclic amines) is 3. The van der Waals surface area contributed by atoms with Gasteiger partial charge in [-0.05, 0) is 71.8 Å². The largest absolute Gasteiger partial charge is 0.355 e. The SMILES string of the molecule is CN=C(NCC1(N2CCCCC2)CCN(C)CC1)NC1CCN(CC(F)F)CC1.I. The molecule has 0 spiro atoms. The molecule has 0 aromatic carbocycles. The van der Waals surface area contributed by atoms with Crippen LogP contribution in [-0.4, -0.2) is 105 Å². The molecule has 176 valence electrons.